The number of thiazole rings is 1. The van der Waals surface area contributed by atoms with Gasteiger partial charge in [0.1, 0.15) is 6.61 Å². The summed E-state index contributed by atoms with van der Waals surface area (Å²) < 4.78 is 7.09. The fraction of sp³-hybridized carbons (Fsp3) is 0.364. The van der Waals surface area contributed by atoms with E-state index in [-0.39, 0.29) is 23.6 Å². The molecule has 7 nitrogen and oxygen atoms in total. The molecule has 30 heavy (non-hydrogen) atoms. The van der Waals surface area contributed by atoms with E-state index < -0.39 is 5.97 Å². The van der Waals surface area contributed by atoms with Gasteiger partial charge in [-0.15, -0.1) is 11.3 Å². The molecular weight excluding hydrogens is 402 g/mol. The molecule has 0 aliphatic heterocycles. The van der Waals surface area contributed by atoms with E-state index in [1.165, 1.54) is 22.3 Å². The van der Waals surface area contributed by atoms with E-state index in [4.69, 9.17) is 4.74 Å². The van der Waals surface area contributed by atoms with Gasteiger partial charge < -0.3 is 10.1 Å². The summed E-state index contributed by atoms with van der Waals surface area (Å²) in [7, 11) is 0. The predicted molar refractivity (Wildman–Crippen MR) is 115 cm³/mol. The number of benzene rings is 1. The first-order valence-electron chi connectivity index (χ1n) is 10.2. The van der Waals surface area contributed by atoms with Gasteiger partial charge >= 0.3 is 5.97 Å². The van der Waals surface area contributed by atoms with Crippen LogP contribution in [0.1, 0.15) is 59.2 Å². The molecule has 1 N–H and O–H groups in total. The van der Waals surface area contributed by atoms with Gasteiger partial charge in [-0.05, 0) is 44.2 Å². The molecular formula is C22H23N3O4S. The third-order valence-corrected chi connectivity index (χ3v) is 6.21. The lowest BCUT2D eigenvalue weighted by atomic mass is 10.0. The Morgan fingerprint density at radius 1 is 1.23 bits per heavy atom. The van der Waals surface area contributed by atoms with Crippen molar-refractivity contribution in [3.63, 3.8) is 0 Å². The number of carbonyl (C=O) groups excluding carboxylic acids is 2. The number of ether oxygens (including phenoxy) is 1. The van der Waals surface area contributed by atoms with Gasteiger partial charge in [0.2, 0.25) is 5.91 Å². The van der Waals surface area contributed by atoms with Crippen LogP contribution in [-0.2, 0) is 29.0 Å². The second-order valence-corrected chi connectivity index (χ2v) is 8.36. The van der Waals surface area contributed by atoms with Crippen LogP contribution in [0, 0.1) is 0 Å². The highest BCUT2D eigenvalue weighted by atomic mass is 32.1. The molecule has 0 unspecified atom stereocenters. The number of aryl methyl sites for hydroxylation is 2. The van der Waals surface area contributed by atoms with Crippen LogP contribution in [0.15, 0.2) is 35.1 Å². The van der Waals surface area contributed by atoms with E-state index >= 15 is 0 Å². The lowest BCUT2D eigenvalue weighted by Crippen LogP contribution is -2.19. The van der Waals surface area contributed by atoms with Crippen molar-refractivity contribution in [1.82, 2.24) is 9.38 Å². The SMILES string of the molecule is CCCC(=O)Nc1ccccc1C(=O)OCc1cc(=O)n2c3c(sc2n1)CCCC3. The van der Waals surface area contributed by atoms with Crippen molar-refractivity contribution < 1.29 is 14.3 Å². The number of rotatable bonds is 6. The van der Waals surface area contributed by atoms with Crippen molar-refractivity contribution >= 4 is 33.9 Å². The summed E-state index contributed by atoms with van der Waals surface area (Å²) in [5, 5.41) is 2.74. The van der Waals surface area contributed by atoms with Crippen molar-refractivity contribution in [2.24, 2.45) is 0 Å². The van der Waals surface area contributed by atoms with Crippen molar-refractivity contribution in [3.05, 3.63) is 62.5 Å². The lowest BCUT2D eigenvalue weighted by molar-refractivity contribution is -0.116. The molecule has 2 heterocycles. The largest absolute Gasteiger partial charge is 0.456 e. The number of nitrogens with zero attached hydrogens (tertiary/aromatic N) is 2. The van der Waals surface area contributed by atoms with Gasteiger partial charge in [0.25, 0.3) is 5.56 Å². The molecule has 8 heteroatoms. The molecule has 0 fully saturated rings. The number of aromatic nitrogens is 2. The average molecular weight is 426 g/mol. The van der Waals surface area contributed by atoms with Gasteiger partial charge in [0.05, 0.1) is 16.9 Å². The fourth-order valence-electron chi connectivity index (χ4n) is 3.64. The number of nitrogens with one attached hydrogen (secondary N) is 1. The first-order chi connectivity index (χ1) is 14.6. The number of esters is 1. The van der Waals surface area contributed by atoms with Crippen LogP contribution >= 0.6 is 11.3 Å². The smallest absolute Gasteiger partial charge is 0.340 e. The average Bonchev–Trinajstić information content (AvgIpc) is 3.11. The molecule has 0 radical (unpaired) electrons. The van der Waals surface area contributed by atoms with Gasteiger partial charge in [-0.2, -0.15) is 0 Å². The number of carbonyl (C=O) groups is 2. The maximum Gasteiger partial charge on any atom is 0.340 e. The van der Waals surface area contributed by atoms with E-state index in [1.54, 1.807) is 28.7 Å². The minimum atomic E-state index is -0.574. The number of amides is 1. The topological polar surface area (TPSA) is 89.8 Å². The predicted octanol–water partition coefficient (Wildman–Crippen LogP) is 3.73. The Labute approximate surface area is 177 Å². The van der Waals surface area contributed by atoms with Crippen LogP contribution in [-0.4, -0.2) is 21.3 Å². The number of hydrogen-bond donors (Lipinski definition) is 1. The second kappa shape index (κ2) is 8.79. The number of para-hydroxylation sites is 1. The van der Waals surface area contributed by atoms with Crippen LogP contribution in [0.2, 0.25) is 0 Å². The summed E-state index contributed by atoms with van der Waals surface area (Å²) in [4.78, 5) is 43.5. The molecule has 0 atom stereocenters. The van der Waals surface area contributed by atoms with E-state index in [2.05, 4.69) is 10.3 Å². The fourth-order valence-corrected chi connectivity index (χ4v) is 4.88. The zero-order valence-electron chi connectivity index (χ0n) is 16.8. The summed E-state index contributed by atoms with van der Waals surface area (Å²) >= 11 is 1.54. The molecule has 1 aliphatic rings. The zero-order valence-corrected chi connectivity index (χ0v) is 17.6. The Bertz CT molecular complexity index is 1160. The molecule has 1 aromatic carbocycles. The molecule has 1 amide bonds. The molecule has 4 rings (SSSR count). The first-order valence-corrected chi connectivity index (χ1v) is 11.0. The normalized spacial score (nSPS) is 13.1. The summed E-state index contributed by atoms with van der Waals surface area (Å²) in [6, 6.07) is 8.14. The highest BCUT2D eigenvalue weighted by molar-refractivity contribution is 7.17. The summed E-state index contributed by atoms with van der Waals surface area (Å²) in [5.41, 5.74) is 2.03. The number of hydrogen-bond acceptors (Lipinski definition) is 6. The zero-order chi connectivity index (χ0) is 21.1. The first kappa shape index (κ1) is 20.3. The Morgan fingerprint density at radius 3 is 2.87 bits per heavy atom. The van der Waals surface area contributed by atoms with Crippen LogP contribution < -0.4 is 10.9 Å². The van der Waals surface area contributed by atoms with E-state index in [9.17, 15) is 14.4 Å². The van der Waals surface area contributed by atoms with Gasteiger partial charge in [-0.1, -0.05) is 19.1 Å². The van der Waals surface area contributed by atoms with Crippen molar-refractivity contribution in [2.75, 3.05) is 5.32 Å². The van der Waals surface area contributed by atoms with Gasteiger partial charge in [-0.25, -0.2) is 9.78 Å². The molecule has 156 valence electrons. The third kappa shape index (κ3) is 4.14. The maximum absolute atomic E-state index is 12.6. The lowest BCUT2D eigenvalue weighted by Gasteiger charge is -2.11. The molecule has 3 aromatic rings. The van der Waals surface area contributed by atoms with Gasteiger partial charge in [0.15, 0.2) is 4.96 Å². The Kier molecular flexibility index (Phi) is 5.94. The Morgan fingerprint density at radius 2 is 2.03 bits per heavy atom. The summed E-state index contributed by atoms with van der Waals surface area (Å²) in [5.74, 6) is -0.727. The molecule has 0 bridgehead atoms. The molecule has 2 aromatic heterocycles. The molecule has 0 spiro atoms. The maximum atomic E-state index is 12.6. The van der Waals surface area contributed by atoms with E-state index in [1.807, 2.05) is 6.92 Å². The van der Waals surface area contributed by atoms with Crippen LogP contribution in [0.25, 0.3) is 4.96 Å². The van der Waals surface area contributed by atoms with E-state index in [0.29, 0.717) is 29.2 Å². The summed E-state index contributed by atoms with van der Waals surface area (Å²) in [6.07, 6.45) is 5.18. The minimum absolute atomic E-state index is 0.107. The van der Waals surface area contributed by atoms with Crippen LogP contribution in [0.5, 0.6) is 0 Å². The van der Waals surface area contributed by atoms with E-state index in [0.717, 1.165) is 31.4 Å². The quantitative estimate of drug-likeness (QED) is 0.608. The highest BCUT2D eigenvalue weighted by Crippen LogP contribution is 2.28. The van der Waals surface area contributed by atoms with Gasteiger partial charge in [0, 0.05) is 23.1 Å². The molecule has 1 aliphatic carbocycles. The minimum Gasteiger partial charge on any atom is -0.456 e. The van der Waals surface area contributed by atoms with Crippen molar-refractivity contribution in [1.29, 1.82) is 0 Å². The molecule has 0 saturated carbocycles. The van der Waals surface area contributed by atoms with Crippen molar-refractivity contribution in [3.8, 4) is 0 Å². The van der Waals surface area contributed by atoms with Crippen LogP contribution in [0.4, 0.5) is 5.69 Å². The Hall–Kier alpha value is -3.00. The third-order valence-electron chi connectivity index (χ3n) is 5.06. The number of anilines is 1. The second-order valence-electron chi connectivity index (χ2n) is 7.30. The van der Waals surface area contributed by atoms with Crippen LogP contribution in [0.3, 0.4) is 0 Å². The van der Waals surface area contributed by atoms with Gasteiger partial charge in [-0.3, -0.25) is 14.0 Å². The van der Waals surface area contributed by atoms with Crippen molar-refractivity contribution in [2.45, 2.75) is 52.1 Å². The summed E-state index contributed by atoms with van der Waals surface area (Å²) in [6.45, 7) is 1.81. The Balaban J connectivity index is 1.51. The monoisotopic (exact) mass is 425 g/mol. The number of fused-ring (bicyclic) bond motifs is 3. The highest BCUT2D eigenvalue weighted by Gasteiger charge is 2.19. The standard InChI is InChI=1S/C22H23N3O4S/c1-2-7-19(26)24-16-9-4-3-8-15(16)21(28)29-13-14-12-20(27)25-17-10-5-6-11-18(17)30-22(25)23-14/h3-4,8-9,12H,2,5-7,10-11,13H2,1H3,(H,24,26). The molecule has 0 saturated heterocycles.